The van der Waals surface area contributed by atoms with Crippen LogP contribution in [0.5, 0.6) is 0 Å². The molecule has 1 amide bonds. The summed E-state index contributed by atoms with van der Waals surface area (Å²) in [5.74, 6) is -0.165. The van der Waals surface area contributed by atoms with Crippen LogP contribution in [-0.4, -0.2) is 44.7 Å². The van der Waals surface area contributed by atoms with Crippen molar-refractivity contribution in [3.63, 3.8) is 0 Å². The molecule has 1 fully saturated rings. The van der Waals surface area contributed by atoms with E-state index in [4.69, 9.17) is 0 Å². The number of nitrogens with one attached hydrogen (secondary N) is 3. The Balaban J connectivity index is 1.99. The van der Waals surface area contributed by atoms with E-state index in [0.29, 0.717) is 11.3 Å². The molecule has 0 saturated carbocycles. The molecule has 20 heavy (non-hydrogen) atoms. The van der Waals surface area contributed by atoms with Crippen molar-refractivity contribution < 1.29 is 13.2 Å². The zero-order chi connectivity index (χ0) is 14.6. The van der Waals surface area contributed by atoms with Gasteiger partial charge in [0, 0.05) is 24.3 Å². The van der Waals surface area contributed by atoms with Crippen molar-refractivity contribution in [2.24, 2.45) is 0 Å². The highest BCUT2D eigenvalue weighted by atomic mass is 32.2. The van der Waals surface area contributed by atoms with Gasteiger partial charge in [0.1, 0.15) is 0 Å². The fraction of sp³-hybridized carbons (Fsp3) is 0.500. The van der Waals surface area contributed by atoms with Crippen LogP contribution >= 0.6 is 0 Å². The van der Waals surface area contributed by atoms with E-state index < -0.39 is 10.0 Å². The molecular weight excluding hydrogens is 280 g/mol. The summed E-state index contributed by atoms with van der Waals surface area (Å²) < 4.78 is 24.4. The summed E-state index contributed by atoms with van der Waals surface area (Å²) in [4.78, 5) is 16.1. The summed E-state index contributed by atoms with van der Waals surface area (Å²) in [5, 5.41) is 6.10. The largest absolute Gasteiger partial charge is 0.348 e. The number of carbonyl (C=O) groups is 1. The topological polar surface area (TPSA) is 100 Å². The number of nitrogens with zero attached hydrogens (tertiary/aromatic N) is 1. The van der Waals surface area contributed by atoms with E-state index in [1.165, 1.54) is 6.20 Å². The lowest BCUT2D eigenvalue weighted by Gasteiger charge is -2.11. The molecule has 1 saturated heterocycles. The normalized spacial score (nSPS) is 18.9. The van der Waals surface area contributed by atoms with Crippen molar-refractivity contribution in [3.8, 4) is 0 Å². The molecule has 1 aromatic heterocycles. The van der Waals surface area contributed by atoms with E-state index in [1.807, 2.05) is 0 Å². The maximum Gasteiger partial charge on any atom is 0.251 e. The van der Waals surface area contributed by atoms with E-state index in [0.717, 1.165) is 25.8 Å². The molecule has 8 heteroatoms. The van der Waals surface area contributed by atoms with Crippen molar-refractivity contribution in [2.75, 3.05) is 19.3 Å². The SMILES string of the molecule is CS(=O)(=O)NCc1cc(C(=O)NC2CCNC2)ccn1. The van der Waals surface area contributed by atoms with Gasteiger partial charge in [0.15, 0.2) is 0 Å². The first-order chi connectivity index (χ1) is 9.44. The van der Waals surface area contributed by atoms with Gasteiger partial charge < -0.3 is 10.6 Å². The molecule has 0 bridgehead atoms. The lowest BCUT2D eigenvalue weighted by Crippen LogP contribution is -2.36. The van der Waals surface area contributed by atoms with Gasteiger partial charge in [-0.15, -0.1) is 0 Å². The van der Waals surface area contributed by atoms with Crippen molar-refractivity contribution in [2.45, 2.75) is 19.0 Å². The Morgan fingerprint density at radius 2 is 2.35 bits per heavy atom. The molecule has 1 unspecified atom stereocenters. The Bertz CT molecular complexity index is 582. The maximum atomic E-state index is 12.0. The number of carbonyl (C=O) groups excluding carboxylic acids is 1. The highest BCUT2D eigenvalue weighted by Gasteiger charge is 2.17. The van der Waals surface area contributed by atoms with Crippen molar-refractivity contribution in [1.29, 1.82) is 0 Å². The molecule has 1 atom stereocenters. The van der Waals surface area contributed by atoms with Crippen molar-refractivity contribution in [1.82, 2.24) is 20.3 Å². The van der Waals surface area contributed by atoms with Gasteiger partial charge in [0.2, 0.25) is 10.0 Å². The van der Waals surface area contributed by atoms with E-state index in [-0.39, 0.29) is 18.5 Å². The van der Waals surface area contributed by atoms with Gasteiger partial charge in [-0.05, 0) is 25.1 Å². The van der Waals surface area contributed by atoms with Crippen LogP contribution in [0, 0.1) is 0 Å². The van der Waals surface area contributed by atoms with E-state index in [2.05, 4.69) is 20.3 Å². The monoisotopic (exact) mass is 298 g/mol. The third-order valence-electron chi connectivity index (χ3n) is 2.99. The summed E-state index contributed by atoms with van der Waals surface area (Å²) in [6.07, 6.45) is 3.50. The standard InChI is InChI=1S/C12H18N4O3S/c1-20(18,19)15-8-11-6-9(2-5-14-11)12(17)16-10-3-4-13-7-10/h2,5-6,10,13,15H,3-4,7-8H2,1H3,(H,16,17). The van der Waals surface area contributed by atoms with Crippen LogP contribution in [0.1, 0.15) is 22.5 Å². The van der Waals surface area contributed by atoms with Crippen molar-refractivity contribution >= 4 is 15.9 Å². The molecule has 7 nitrogen and oxygen atoms in total. The van der Waals surface area contributed by atoms with Gasteiger partial charge in [0.05, 0.1) is 18.5 Å². The highest BCUT2D eigenvalue weighted by Crippen LogP contribution is 2.05. The summed E-state index contributed by atoms with van der Waals surface area (Å²) in [5.41, 5.74) is 0.991. The Morgan fingerprint density at radius 3 is 3.00 bits per heavy atom. The van der Waals surface area contributed by atoms with E-state index in [9.17, 15) is 13.2 Å². The number of rotatable bonds is 5. The second-order valence-corrected chi connectivity index (χ2v) is 6.63. The number of aromatic nitrogens is 1. The van der Waals surface area contributed by atoms with Crippen molar-refractivity contribution in [3.05, 3.63) is 29.6 Å². The minimum atomic E-state index is -3.27. The van der Waals surface area contributed by atoms with Crippen LogP contribution in [0.15, 0.2) is 18.3 Å². The zero-order valence-electron chi connectivity index (χ0n) is 11.2. The molecular formula is C12H18N4O3S. The van der Waals surface area contributed by atoms with E-state index >= 15 is 0 Å². The molecule has 0 radical (unpaired) electrons. The van der Waals surface area contributed by atoms with Crippen LogP contribution in [0.25, 0.3) is 0 Å². The Kier molecular flexibility index (Phi) is 4.69. The molecule has 1 aliphatic heterocycles. The summed E-state index contributed by atoms with van der Waals surface area (Å²) in [6.45, 7) is 1.76. The van der Waals surface area contributed by atoms with Crippen LogP contribution in [-0.2, 0) is 16.6 Å². The number of hydrogen-bond donors (Lipinski definition) is 3. The molecule has 0 spiro atoms. The van der Waals surface area contributed by atoms with Crippen LogP contribution in [0.3, 0.4) is 0 Å². The molecule has 1 aromatic rings. The van der Waals surface area contributed by atoms with Gasteiger partial charge in [-0.3, -0.25) is 9.78 Å². The predicted octanol–water partition coefficient (Wildman–Crippen LogP) is -0.777. The minimum Gasteiger partial charge on any atom is -0.348 e. The second kappa shape index (κ2) is 6.29. The molecule has 2 heterocycles. The first-order valence-corrected chi connectivity index (χ1v) is 8.24. The number of amides is 1. The third-order valence-corrected chi connectivity index (χ3v) is 3.66. The Morgan fingerprint density at radius 1 is 1.55 bits per heavy atom. The van der Waals surface area contributed by atoms with Gasteiger partial charge >= 0.3 is 0 Å². The average molecular weight is 298 g/mol. The fourth-order valence-corrected chi connectivity index (χ4v) is 2.38. The summed E-state index contributed by atoms with van der Waals surface area (Å²) in [7, 11) is -3.27. The molecule has 2 rings (SSSR count). The quantitative estimate of drug-likeness (QED) is 0.662. The van der Waals surface area contributed by atoms with Crippen LogP contribution < -0.4 is 15.4 Å². The predicted molar refractivity (Wildman–Crippen MR) is 74.7 cm³/mol. The third kappa shape index (κ3) is 4.55. The highest BCUT2D eigenvalue weighted by molar-refractivity contribution is 7.88. The molecule has 110 valence electrons. The average Bonchev–Trinajstić information content (AvgIpc) is 2.89. The Labute approximate surface area is 118 Å². The molecule has 1 aliphatic rings. The maximum absolute atomic E-state index is 12.0. The van der Waals surface area contributed by atoms with E-state index in [1.54, 1.807) is 12.1 Å². The summed E-state index contributed by atoms with van der Waals surface area (Å²) in [6, 6.07) is 3.35. The molecule has 0 aliphatic carbocycles. The summed E-state index contributed by atoms with van der Waals surface area (Å²) >= 11 is 0. The smallest absolute Gasteiger partial charge is 0.251 e. The first-order valence-electron chi connectivity index (χ1n) is 6.35. The fourth-order valence-electron chi connectivity index (χ4n) is 1.97. The lowest BCUT2D eigenvalue weighted by molar-refractivity contribution is 0.0940. The molecule has 3 N–H and O–H groups in total. The van der Waals surface area contributed by atoms with Gasteiger partial charge in [-0.25, -0.2) is 13.1 Å². The van der Waals surface area contributed by atoms with Gasteiger partial charge in [0.25, 0.3) is 5.91 Å². The van der Waals surface area contributed by atoms with Gasteiger partial charge in [-0.1, -0.05) is 0 Å². The second-order valence-electron chi connectivity index (χ2n) is 4.79. The number of hydrogen-bond acceptors (Lipinski definition) is 5. The lowest BCUT2D eigenvalue weighted by atomic mass is 10.2. The molecule has 0 aromatic carbocycles. The Hall–Kier alpha value is -1.51. The minimum absolute atomic E-state index is 0.0743. The van der Waals surface area contributed by atoms with Crippen LogP contribution in [0.4, 0.5) is 0 Å². The van der Waals surface area contributed by atoms with Crippen LogP contribution in [0.2, 0.25) is 0 Å². The van der Waals surface area contributed by atoms with Gasteiger partial charge in [-0.2, -0.15) is 0 Å². The first kappa shape index (κ1) is 14.9. The number of pyridine rings is 1. The number of sulfonamides is 1. The zero-order valence-corrected chi connectivity index (χ0v) is 12.0.